The molecule has 1 heterocycles. The van der Waals surface area contributed by atoms with Crippen molar-refractivity contribution in [2.24, 2.45) is 0 Å². The monoisotopic (exact) mass is 260 g/mol. The average Bonchev–Trinajstić information content (AvgIpc) is 2.36. The third kappa shape index (κ3) is 3.32. The lowest BCUT2D eigenvalue weighted by Gasteiger charge is -2.05. The first-order valence-corrected chi connectivity index (χ1v) is 5.51. The van der Waals surface area contributed by atoms with Crippen LogP contribution < -0.4 is 22.3 Å². The van der Waals surface area contributed by atoms with Crippen molar-refractivity contribution in [2.45, 2.75) is 6.54 Å². The minimum absolute atomic E-state index is 0.0794. The molecule has 0 unspecified atom stereocenters. The van der Waals surface area contributed by atoms with Gasteiger partial charge in [-0.1, -0.05) is 12.1 Å². The number of nitrogens with one attached hydrogen (secondary N) is 3. The van der Waals surface area contributed by atoms with Gasteiger partial charge in [0.25, 0.3) is 11.5 Å². The zero-order valence-electron chi connectivity index (χ0n) is 9.90. The molecule has 0 atom stereocenters. The highest BCUT2D eigenvalue weighted by Crippen LogP contribution is 2.04. The largest absolute Gasteiger partial charge is 0.399 e. The fourth-order valence-electron chi connectivity index (χ4n) is 1.50. The molecule has 2 rings (SSSR count). The summed E-state index contributed by atoms with van der Waals surface area (Å²) >= 11 is 0. The van der Waals surface area contributed by atoms with Gasteiger partial charge in [0.2, 0.25) is 0 Å². The van der Waals surface area contributed by atoms with Crippen LogP contribution in [0.3, 0.4) is 0 Å². The standard InChI is InChI=1S/C12H12N4O3/c13-8-3-1-7(2-4-8)6-14-11(18)9-5-10(17)16-12(19)15-9/h1-5H,6,13H2,(H,14,18)(H2,15,16,17,19). The maximum absolute atomic E-state index is 11.7. The highest BCUT2D eigenvalue weighted by atomic mass is 16.2. The molecule has 7 nitrogen and oxygen atoms in total. The molecule has 5 N–H and O–H groups in total. The summed E-state index contributed by atoms with van der Waals surface area (Å²) < 4.78 is 0. The summed E-state index contributed by atoms with van der Waals surface area (Å²) in [5.74, 6) is -0.528. The van der Waals surface area contributed by atoms with Crippen LogP contribution in [0.1, 0.15) is 16.1 Å². The summed E-state index contributed by atoms with van der Waals surface area (Å²) in [5, 5.41) is 2.59. The van der Waals surface area contributed by atoms with Crippen LogP contribution in [0.5, 0.6) is 0 Å². The zero-order chi connectivity index (χ0) is 13.8. The minimum Gasteiger partial charge on any atom is -0.399 e. The van der Waals surface area contributed by atoms with E-state index >= 15 is 0 Å². The molecule has 19 heavy (non-hydrogen) atoms. The van der Waals surface area contributed by atoms with Crippen molar-refractivity contribution in [1.29, 1.82) is 0 Å². The average molecular weight is 260 g/mol. The molecule has 98 valence electrons. The fourth-order valence-corrected chi connectivity index (χ4v) is 1.50. The van der Waals surface area contributed by atoms with Crippen molar-refractivity contribution in [1.82, 2.24) is 15.3 Å². The van der Waals surface area contributed by atoms with Gasteiger partial charge in [-0.2, -0.15) is 0 Å². The Morgan fingerprint density at radius 2 is 1.84 bits per heavy atom. The van der Waals surface area contributed by atoms with Crippen LogP contribution in [-0.2, 0) is 6.54 Å². The Balaban J connectivity index is 2.07. The summed E-state index contributed by atoms with van der Waals surface area (Å²) in [5.41, 5.74) is 5.61. The number of carbonyl (C=O) groups is 1. The molecule has 0 saturated carbocycles. The number of carbonyl (C=O) groups excluding carboxylic acids is 1. The van der Waals surface area contributed by atoms with Crippen molar-refractivity contribution < 1.29 is 4.79 Å². The first-order chi connectivity index (χ1) is 9.04. The van der Waals surface area contributed by atoms with Crippen LogP contribution >= 0.6 is 0 Å². The molecule has 1 amide bonds. The van der Waals surface area contributed by atoms with E-state index < -0.39 is 17.2 Å². The van der Waals surface area contributed by atoms with Gasteiger partial charge in [0.15, 0.2) is 0 Å². The molecular weight excluding hydrogens is 248 g/mol. The van der Waals surface area contributed by atoms with Gasteiger partial charge in [0.05, 0.1) is 0 Å². The first-order valence-electron chi connectivity index (χ1n) is 5.51. The Morgan fingerprint density at radius 1 is 1.16 bits per heavy atom. The Hall–Kier alpha value is -2.83. The predicted molar refractivity (Wildman–Crippen MR) is 69.7 cm³/mol. The minimum atomic E-state index is -0.717. The number of aromatic amines is 2. The van der Waals surface area contributed by atoms with Gasteiger partial charge in [-0.15, -0.1) is 0 Å². The van der Waals surface area contributed by atoms with E-state index in [-0.39, 0.29) is 12.2 Å². The Morgan fingerprint density at radius 3 is 2.47 bits per heavy atom. The van der Waals surface area contributed by atoms with Gasteiger partial charge in [0.1, 0.15) is 5.69 Å². The number of anilines is 1. The fraction of sp³-hybridized carbons (Fsp3) is 0.0833. The number of benzene rings is 1. The van der Waals surface area contributed by atoms with Crippen LogP contribution in [0.25, 0.3) is 0 Å². The van der Waals surface area contributed by atoms with E-state index in [1.54, 1.807) is 24.3 Å². The van der Waals surface area contributed by atoms with Gasteiger partial charge in [-0.25, -0.2) is 4.79 Å². The van der Waals surface area contributed by atoms with Crippen LogP contribution in [0.2, 0.25) is 0 Å². The topological polar surface area (TPSA) is 121 Å². The summed E-state index contributed by atoms with van der Waals surface area (Å²) in [6.07, 6.45) is 0. The molecule has 0 spiro atoms. The lowest BCUT2D eigenvalue weighted by molar-refractivity contribution is 0.0945. The highest BCUT2D eigenvalue weighted by Gasteiger charge is 2.07. The number of aromatic nitrogens is 2. The second-order valence-corrected chi connectivity index (χ2v) is 3.93. The molecule has 7 heteroatoms. The van der Waals surface area contributed by atoms with Crippen LogP contribution in [0, 0.1) is 0 Å². The molecular formula is C12H12N4O3. The molecule has 0 fully saturated rings. The van der Waals surface area contributed by atoms with Crippen LogP contribution in [-0.4, -0.2) is 15.9 Å². The van der Waals surface area contributed by atoms with Gasteiger partial charge in [0, 0.05) is 18.3 Å². The normalized spacial score (nSPS) is 10.1. The third-order valence-corrected chi connectivity index (χ3v) is 2.44. The maximum atomic E-state index is 11.7. The van der Waals surface area contributed by atoms with E-state index in [4.69, 9.17) is 5.73 Å². The van der Waals surface area contributed by atoms with Crippen LogP contribution in [0.4, 0.5) is 5.69 Å². The van der Waals surface area contributed by atoms with Crippen molar-refractivity contribution in [3.63, 3.8) is 0 Å². The van der Waals surface area contributed by atoms with E-state index in [0.29, 0.717) is 5.69 Å². The lowest BCUT2D eigenvalue weighted by Crippen LogP contribution is -2.30. The van der Waals surface area contributed by atoms with E-state index in [1.165, 1.54) is 0 Å². The predicted octanol–water partition coefficient (Wildman–Crippen LogP) is -0.425. The van der Waals surface area contributed by atoms with Crippen LogP contribution in [0.15, 0.2) is 39.9 Å². The summed E-state index contributed by atoms with van der Waals surface area (Å²) in [7, 11) is 0. The molecule has 1 aromatic heterocycles. The number of hydrogen-bond acceptors (Lipinski definition) is 4. The van der Waals surface area contributed by atoms with Crippen molar-refractivity contribution in [2.75, 3.05) is 5.73 Å². The van der Waals surface area contributed by atoms with E-state index in [2.05, 4.69) is 10.3 Å². The number of nitrogens with two attached hydrogens (primary N) is 1. The summed E-state index contributed by atoms with van der Waals surface area (Å²) in [6.45, 7) is 0.272. The van der Waals surface area contributed by atoms with E-state index in [0.717, 1.165) is 11.6 Å². The number of rotatable bonds is 3. The molecule has 2 aromatic rings. The van der Waals surface area contributed by atoms with E-state index in [9.17, 15) is 14.4 Å². The molecule has 0 bridgehead atoms. The molecule has 0 aliphatic carbocycles. The summed E-state index contributed by atoms with van der Waals surface area (Å²) in [6, 6.07) is 8.01. The Bertz CT molecular complexity index is 672. The van der Waals surface area contributed by atoms with Crippen molar-refractivity contribution in [3.05, 3.63) is 62.4 Å². The lowest BCUT2D eigenvalue weighted by atomic mass is 10.2. The van der Waals surface area contributed by atoms with Gasteiger partial charge >= 0.3 is 5.69 Å². The van der Waals surface area contributed by atoms with Crippen molar-refractivity contribution in [3.8, 4) is 0 Å². The van der Waals surface area contributed by atoms with Crippen molar-refractivity contribution >= 4 is 11.6 Å². The highest BCUT2D eigenvalue weighted by molar-refractivity contribution is 5.91. The Labute approximate surface area is 107 Å². The SMILES string of the molecule is Nc1ccc(CNC(=O)c2cc(=O)[nH]c(=O)[nH]2)cc1. The number of hydrogen-bond donors (Lipinski definition) is 4. The smallest absolute Gasteiger partial charge is 0.326 e. The molecule has 0 aliphatic heterocycles. The van der Waals surface area contributed by atoms with Gasteiger partial charge in [-0.3, -0.25) is 14.6 Å². The quantitative estimate of drug-likeness (QED) is 0.560. The Kier molecular flexibility index (Phi) is 3.46. The number of nitrogen functional groups attached to an aromatic ring is 1. The molecule has 1 aromatic carbocycles. The third-order valence-electron chi connectivity index (χ3n) is 2.44. The maximum Gasteiger partial charge on any atom is 0.326 e. The second kappa shape index (κ2) is 5.21. The zero-order valence-corrected chi connectivity index (χ0v) is 9.90. The van der Waals surface area contributed by atoms with E-state index in [1.807, 2.05) is 4.98 Å². The number of amides is 1. The number of H-pyrrole nitrogens is 2. The summed E-state index contributed by atoms with van der Waals surface area (Å²) in [4.78, 5) is 38.0. The molecule has 0 radical (unpaired) electrons. The molecule has 0 saturated heterocycles. The van der Waals surface area contributed by atoms with Gasteiger partial charge in [-0.05, 0) is 17.7 Å². The van der Waals surface area contributed by atoms with Gasteiger partial charge < -0.3 is 16.0 Å². The molecule has 0 aliphatic rings. The second-order valence-electron chi connectivity index (χ2n) is 3.93. The first kappa shape index (κ1) is 12.6.